The molecule has 1 fully saturated rings. The molecule has 4 rings (SSSR count). The smallest absolute Gasteiger partial charge is 0.267 e. The molecule has 10 heteroatoms. The van der Waals surface area contributed by atoms with Gasteiger partial charge in [0.2, 0.25) is 10.0 Å². The first-order valence-corrected chi connectivity index (χ1v) is 12.5. The molecule has 3 aromatic rings. The zero-order valence-corrected chi connectivity index (χ0v) is 19.3. The van der Waals surface area contributed by atoms with E-state index < -0.39 is 21.8 Å². The number of nitrogens with one attached hydrogen (secondary N) is 2. The summed E-state index contributed by atoms with van der Waals surface area (Å²) in [7, 11) is -3.54. The first-order chi connectivity index (χ1) is 15.3. The summed E-state index contributed by atoms with van der Waals surface area (Å²) in [5.41, 5.74) is 5.91. The topological polar surface area (TPSA) is 95.6 Å². The summed E-state index contributed by atoms with van der Waals surface area (Å²) in [5, 5.41) is 0.632. The molecule has 0 bridgehead atoms. The van der Waals surface area contributed by atoms with Crippen molar-refractivity contribution in [2.45, 2.75) is 17.7 Å². The van der Waals surface area contributed by atoms with E-state index in [1.807, 2.05) is 18.2 Å². The Hall–Kier alpha value is -2.72. The largest absolute Gasteiger partial charge is 0.279 e. The van der Waals surface area contributed by atoms with E-state index in [0.717, 1.165) is 23.3 Å². The summed E-state index contributed by atoms with van der Waals surface area (Å²) in [5.74, 6) is -0.991. The van der Waals surface area contributed by atoms with Crippen molar-refractivity contribution in [3.63, 3.8) is 0 Å². The minimum atomic E-state index is -3.54. The molecule has 2 heterocycles. The van der Waals surface area contributed by atoms with E-state index >= 15 is 0 Å². The molecule has 0 radical (unpaired) electrons. The van der Waals surface area contributed by atoms with Gasteiger partial charge < -0.3 is 0 Å². The Morgan fingerprint density at radius 3 is 2.12 bits per heavy atom. The number of nitrogens with zero attached hydrogens (tertiary/aromatic N) is 1. The molecule has 1 saturated heterocycles. The van der Waals surface area contributed by atoms with E-state index in [2.05, 4.69) is 10.9 Å². The minimum absolute atomic E-state index is 0.147. The number of hydrogen-bond acceptors (Lipinski definition) is 5. The van der Waals surface area contributed by atoms with Crippen molar-refractivity contribution in [2.75, 3.05) is 13.1 Å². The van der Waals surface area contributed by atoms with Crippen LogP contribution in [0.25, 0.3) is 10.4 Å². The third-order valence-electron chi connectivity index (χ3n) is 5.07. The van der Waals surface area contributed by atoms with E-state index in [1.165, 1.54) is 39.9 Å². The van der Waals surface area contributed by atoms with Crippen LogP contribution < -0.4 is 10.9 Å². The molecule has 0 spiro atoms. The lowest BCUT2D eigenvalue weighted by Crippen LogP contribution is -2.41. The predicted octanol–water partition coefficient (Wildman–Crippen LogP) is 3.93. The van der Waals surface area contributed by atoms with Crippen LogP contribution in [0.4, 0.5) is 0 Å². The molecular formula is C22H20ClN3O4S2. The van der Waals surface area contributed by atoms with Crippen molar-refractivity contribution in [3.05, 3.63) is 76.1 Å². The Morgan fingerprint density at radius 2 is 1.47 bits per heavy atom. The highest BCUT2D eigenvalue weighted by Crippen LogP contribution is 2.29. The minimum Gasteiger partial charge on any atom is -0.267 e. The second-order valence-electron chi connectivity index (χ2n) is 7.21. The summed E-state index contributed by atoms with van der Waals surface area (Å²) in [4.78, 5) is 26.2. The van der Waals surface area contributed by atoms with E-state index in [0.29, 0.717) is 23.0 Å². The van der Waals surface area contributed by atoms with Crippen molar-refractivity contribution < 1.29 is 18.0 Å². The number of thiophene rings is 1. The SMILES string of the molecule is O=C(NNC(=O)c1ccc(-c2ccc(Cl)cc2)s1)c1ccc(S(=O)(=O)N2CCCC2)cc1. The molecule has 7 nitrogen and oxygen atoms in total. The van der Waals surface area contributed by atoms with Gasteiger partial charge in [0.15, 0.2) is 0 Å². The molecule has 1 aromatic heterocycles. The van der Waals surface area contributed by atoms with Crippen molar-refractivity contribution in [3.8, 4) is 10.4 Å². The number of sulfonamides is 1. The molecule has 2 amide bonds. The predicted molar refractivity (Wildman–Crippen MR) is 124 cm³/mol. The first kappa shape index (κ1) is 22.5. The molecule has 166 valence electrons. The molecule has 1 aliphatic heterocycles. The Balaban J connectivity index is 1.36. The van der Waals surface area contributed by atoms with E-state index in [9.17, 15) is 18.0 Å². The number of benzene rings is 2. The molecule has 0 saturated carbocycles. The van der Waals surface area contributed by atoms with Gasteiger partial charge in [-0.1, -0.05) is 23.7 Å². The van der Waals surface area contributed by atoms with Crippen LogP contribution in [0.1, 0.15) is 32.9 Å². The van der Waals surface area contributed by atoms with E-state index in [-0.39, 0.29) is 10.5 Å². The average molecular weight is 490 g/mol. The number of carbonyl (C=O) groups excluding carboxylic acids is 2. The van der Waals surface area contributed by atoms with Crippen molar-refractivity contribution in [1.82, 2.24) is 15.2 Å². The molecule has 0 aliphatic carbocycles. The lowest BCUT2D eigenvalue weighted by Gasteiger charge is -2.15. The molecule has 0 atom stereocenters. The van der Waals surface area contributed by atoms with Crippen LogP contribution in [0.15, 0.2) is 65.6 Å². The fourth-order valence-corrected chi connectivity index (χ4v) is 5.88. The van der Waals surface area contributed by atoms with Crippen LogP contribution in [0.5, 0.6) is 0 Å². The highest BCUT2D eigenvalue weighted by atomic mass is 35.5. The second kappa shape index (κ2) is 9.41. The van der Waals surface area contributed by atoms with Gasteiger partial charge in [-0.25, -0.2) is 8.42 Å². The number of rotatable bonds is 5. The van der Waals surface area contributed by atoms with Gasteiger partial charge in [-0.15, -0.1) is 11.3 Å². The normalized spacial score (nSPS) is 14.3. The summed E-state index contributed by atoms with van der Waals surface area (Å²) in [6.45, 7) is 1.03. The highest BCUT2D eigenvalue weighted by molar-refractivity contribution is 7.89. The van der Waals surface area contributed by atoms with Crippen LogP contribution in [0.2, 0.25) is 5.02 Å². The van der Waals surface area contributed by atoms with Crippen LogP contribution in [0, 0.1) is 0 Å². The van der Waals surface area contributed by atoms with Crippen molar-refractivity contribution in [1.29, 1.82) is 0 Å². The number of hydrazine groups is 1. The molecule has 2 aromatic carbocycles. The Morgan fingerprint density at radius 1 is 0.844 bits per heavy atom. The quantitative estimate of drug-likeness (QED) is 0.531. The van der Waals surface area contributed by atoms with Crippen LogP contribution in [0.3, 0.4) is 0 Å². The summed E-state index contributed by atoms with van der Waals surface area (Å²) in [6.07, 6.45) is 1.70. The van der Waals surface area contributed by atoms with E-state index in [4.69, 9.17) is 11.6 Å². The standard InChI is InChI=1S/C22H20ClN3O4S2/c23-17-7-3-15(4-8-17)19-11-12-20(31-19)22(28)25-24-21(27)16-5-9-18(10-6-16)32(29,30)26-13-1-2-14-26/h3-12H,1-2,13-14H2,(H,24,27)(H,25,28). The van der Waals surface area contributed by atoms with Crippen LogP contribution in [-0.4, -0.2) is 37.6 Å². The van der Waals surface area contributed by atoms with Gasteiger partial charge in [0.1, 0.15) is 0 Å². The Kier molecular flexibility index (Phi) is 6.61. The van der Waals surface area contributed by atoms with Gasteiger partial charge in [0.25, 0.3) is 11.8 Å². The zero-order valence-electron chi connectivity index (χ0n) is 16.9. The third-order valence-corrected chi connectivity index (χ3v) is 8.37. The molecule has 0 unspecified atom stereocenters. The summed E-state index contributed by atoms with van der Waals surface area (Å²) >= 11 is 7.19. The second-order valence-corrected chi connectivity index (χ2v) is 10.7. The van der Waals surface area contributed by atoms with Gasteiger partial charge in [-0.05, 0) is 66.9 Å². The average Bonchev–Trinajstić information content (AvgIpc) is 3.51. The summed E-state index contributed by atoms with van der Waals surface area (Å²) in [6, 6.07) is 16.4. The van der Waals surface area contributed by atoms with E-state index in [1.54, 1.807) is 18.2 Å². The zero-order chi connectivity index (χ0) is 22.7. The number of carbonyl (C=O) groups is 2. The van der Waals surface area contributed by atoms with Crippen molar-refractivity contribution >= 4 is 44.8 Å². The van der Waals surface area contributed by atoms with Gasteiger partial charge in [-0.2, -0.15) is 4.31 Å². The number of hydrogen-bond donors (Lipinski definition) is 2. The number of halogens is 1. The van der Waals surface area contributed by atoms with Crippen LogP contribution in [-0.2, 0) is 10.0 Å². The Bertz CT molecular complexity index is 1230. The lowest BCUT2D eigenvalue weighted by molar-refractivity contribution is 0.0849. The maximum Gasteiger partial charge on any atom is 0.279 e. The molecular weight excluding hydrogens is 470 g/mol. The maximum atomic E-state index is 12.6. The Labute approximate surface area is 195 Å². The number of amides is 2. The monoisotopic (exact) mass is 489 g/mol. The fourth-order valence-electron chi connectivity index (χ4n) is 3.33. The van der Waals surface area contributed by atoms with Gasteiger partial charge in [0.05, 0.1) is 9.77 Å². The lowest BCUT2D eigenvalue weighted by atomic mass is 10.2. The third kappa shape index (κ3) is 4.86. The fraction of sp³-hybridized carbons (Fsp3) is 0.182. The molecule has 2 N–H and O–H groups in total. The first-order valence-electron chi connectivity index (χ1n) is 9.91. The molecule has 32 heavy (non-hydrogen) atoms. The highest BCUT2D eigenvalue weighted by Gasteiger charge is 2.27. The van der Waals surface area contributed by atoms with Crippen molar-refractivity contribution in [2.24, 2.45) is 0 Å². The summed E-state index contributed by atoms with van der Waals surface area (Å²) < 4.78 is 26.6. The van der Waals surface area contributed by atoms with Gasteiger partial charge >= 0.3 is 0 Å². The van der Waals surface area contributed by atoms with Gasteiger partial charge in [-0.3, -0.25) is 20.4 Å². The maximum absolute atomic E-state index is 12.6. The van der Waals surface area contributed by atoms with Gasteiger partial charge in [0, 0.05) is 28.6 Å². The van der Waals surface area contributed by atoms with Crippen LogP contribution >= 0.6 is 22.9 Å². The molecule has 1 aliphatic rings.